The van der Waals surface area contributed by atoms with Crippen molar-refractivity contribution in [2.75, 3.05) is 13.1 Å². The number of nitrogens with zero attached hydrogens (tertiary/aromatic N) is 2. The minimum atomic E-state index is 0.0423. The predicted octanol–water partition coefficient (Wildman–Crippen LogP) is 3.43. The van der Waals surface area contributed by atoms with Crippen LogP contribution < -0.4 is 10.9 Å². The highest BCUT2D eigenvalue weighted by Crippen LogP contribution is 2.42. The van der Waals surface area contributed by atoms with E-state index in [4.69, 9.17) is 0 Å². The molecule has 3 aliphatic rings. The molecule has 1 aliphatic carbocycles. The Kier molecular flexibility index (Phi) is 4.80. The van der Waals surface area contributed by atoms with E-state index in [0.29, 0.717) is 17.8 Å². The smallest absolute Gasteiger partial charge is 0.317 e. The maximum Gasteiger partial charge on any atom is 0.317 e. The number of aromatic nitrogens is 1. The summed E-state index contributed by atoms with van der Waals surface area (Å²) in [6.45, 7) is 6.25. The second-order valence-corrected chi connectivity index (χ2v) is 8.77. The van der Waals surface area contributed by atoms with Crippen molar-refractivity contribution in [3.05, 3.63) is 33.7 Å². The van der Waals surface area contributed by atoms with Crippen molar-refractivity contribution >= 4 is 6.03 Å². The molecule has 1 saturated carbocycles. The fourth-order valence-electron chi connectivity index (χ4n) is 5.31. The molecule has 4 rings (SSSR count). The summed E-state index contributed by atoms with van der Waals surface area (Å²) < 4.78 is 2.04. The van der Waals surface area contributed by atoms with Crippen LogP contribution in [-0.2, 0) is 6.54 Å². The average Bonchev–Trinajstić information content (AvgIpc) is 2.62. The van der Waals surface area contributed by atoms with Crippen LogP contribution in [0.25, 0.3) is 0 Å². The summed E-state index contributed by atoms with van der Waals surface area (Å²) in [5.41, 5.74) is 2.76. The highest BCUT2D eigenvalue weighted by Gasteiger charge is 2.38. The van der Waals surface area contributed by atoms with Crippen LogP contribution >= 0.6 is 0 Å². The van der Waals surface area contributed by atoms with Gasteiger partial charge in [-0.05, 0) is 50.5 Å². The van der Waals surface area contributed by atoms with Gasteiger partial charge in [0.1, 0.15) is 0 Å². The number of nitrogens with one attached hydrogen (secondary N) is 1. The Balaban J connectivity index is 1.66. The molecule has 0 unspecified atom stereocenters. The molecule has 26 heavy (non-hydrogen) atoms. The maximum absolute atomic E-state index is 12.6. The van der Waals surface area contributed by atoms with Crippen LogP contribution in [0.1, 0.15) is 75.5 Å². The number of hydrogen-bond donors (Lipinski definition) is 1. The molecule has 1 N–H and O–H groups in total. The molecule has 0 aromatic carbocycles. The largest absolute Gasteiger partial charge is 0.336 e. The molecule has 5 nitrogen and oxygen atoms in total. The van der Waals surface area contributed by atoms with Gasteiger partial charge in [0.05, 0.1) is 0 Å². The number of carbonyl (C=O) groups is 1. The van der Waals surface area contributed by atoms with Gasteiger partial charge in [0.2, 0.25) is 0 Å². The lowest BCUT2D eigenvalue weighted by molar-refractivity contribution is 0.129. The van der Waals surface area contributed by atoms with Crippen LogP contribution in [0.15, 0.2) is 16.9 Å². The molecule has 2 amide bonds. The summed E-state index contributed by atoms with van der Waals surface area (Å²) in [7, 11) is 0. The second-order valence-electron chi connectivity index (χ2n) is 8.77. The Bertz CT molecular complexity index is 733. The van der Waals surface area contributed by atoms with Crippen LogP contribution in [0, 0.1) is 5.92 Å². The van der Waals surface area contributed by atoms with Crippen molar-refractivity contribution < 1.29 is 4.79 Å². The summed E-state index contributed by atoms with van der Waals surface area (Å²) >= 11 is 0. The van der Waals surface area contributed by atoms with Crippen LogP contribution in [0.3, 0.4) is 0 Å². The number of amides is 2. The number of rotatable bonds is 2. The standard InChI is InChI=1S/C21H31N3O2/c1-14(2)22-21(26)23-11-15-10-17(13-23)20-18(16-6-4-3-5-7-16)8-9-19(25)24(20)12-15/h8-9,14-17H,3-7,10-13H2,1-2H3,(H,22,26)/t15-,17+/m0/s1. The lowest BCUT2D eigenvalue weighted by atomic mass is 9.76. The van der Waals surface area contributed by atoms with E-state index in [1.807, 2.05) is 23.3 Å². The molecule has 0 radical (unpaired) electrons. The first kappa shape index (κ1) is 17.6. The molecular weight excluding hydrogens is 326 g/mol. The summed E-state index contributed by atoms with van der Waals surface area (Å²) in [6.07, 6.45) is 7.49. The van der Waals surface area contributed by atoms with Crippen molar-refractivity contribution in [2.45, 2.75) is 76.8 Å². The van der Waals surface area contributed by atoms with Crippen LogP contribution in [-0.4, -0.2) is 34.6 Å². The van der Waals surface area contributed by atoms with E-state index in [0.717, 1.165) is 26.1 Å². The lowest BCUT2D eigenvalue weighted by Crippen LogP contribution is -2.53. The van der Waals surface area contributed by atoms with Crippen LogP contribution in [0.4, 0.5) is 4.79 Å². The number of pyridine rings is 1. The van der Waals surface area contributed by atoms with Crippen LogP contribution in [0.5, 0.6) is 0 Å². The van der Waals surface area contributed by atoms with Crippen molar-refractivity contribution in [3.8, 4) is 0 Å². The van der Waals surface area contributed by atoms with E-state index < -0.39 is 0 Å². The Morgan fingerprint density at radius 2 is 1.85 bits per heavy atom. The van der Waals surface area contributed by atoms with E-state index in [-0.39, 0.29) is 17.6 Å². The van der Waals surface area contributed by atoms with E-state index in [1.54, 1.807) is 6.07 Å². The molecule has 2 fully saturated rings. The number of hydrogen-bond acceptors (Lipinski definition) is 2. The number of carbonyl (C=O) groups excluding carboxylic acids is 1. The van der Waals surface area contributed by atoms with Gasteiger partial charge in [-0.2, -0.15) is 0 Å². The number of fused-ring (bicyclic) bond motifs is 4. The van der Waals surface area contributed by atoms with Gasteiger partial charge in [-0.25, -0.2) is 4.79 Å². The number of likely N-dealkylation sites (tertiary alicyclic amines) is 1. The van der Waals surface area contributed by atoms with E-state index >= 15 is 0 Å². The topological polar surface area (TPSA) is 54.3 Å². The van der Waals surface area contributed by atoms with Gasteiger partial charge in [0, 0.05) is 43.4 Å². The summed E-state index contributed by atoms with van der Waals surface area (Å²) in [4.78, 5) is 27.1. The first-order valence-corrected chi connectivity index (χ1v) is 10.3. The highest BCUT2D eigenvalue weighted by molar-refractivity contribution is 5.74. The molecule has 142 valence electrons. The molecule has 3 heterocycles. The van der Waals surface area contributed by atoms with E-state index in [2.05, 4.69) is 11.4 Å². The van der Waals surface area contributed by atoms with E-state index in [1.165, 1.54) is 43.4 Å². The molecule has 1 saturated heterocycles. The number of urea groups is 1. The third kappa shape index (κ3) is 3.28. The number of piperidine rings is 1. The molecule has 0 spiro atoms. The minimum Gasteiger partial charge on any atom is -0.336 e. The second kappa shape index (κ2) is 7.09. The fourth-order valence-corrected chi connectivity index (χ4v) is 5.31. The Morgan fingerprint density at radius 3 is 2.58 bits per heavy atom. The van der Waals surface area contributed by atoms with Gasteiger partial charge < -0.3 is 14.8 Å². The molecule has 2 bridgehead atoms. The molecule has 2 atom stereocenters. The first-order chi connectivity index (χ1) is 12.5. The average molecular weight is 357 g/mol. The molecular formula is C21H31N3O2. The Hall–Kier alpha value is -1.78. The first-order valence-electron chi connectivity index (χ1n) is 10.3. The quantitative estimate of drug-likeness (QED) is 0.881. The monoisotopic (exact) mass is 357 g/mol. The lowest BCUT2D eigenvalue weighted by Gasteiger charge is -2.44. The highest BCUT2D eigenvalue weighted by atomic mass is 16.2. The normalized spacial score (nSPS) is 25.9. The molecule has 2 aliphatic heterocycles. The van der Waals surface area contributed by atoms with Crippen molar-refractivity contribution in [1.29, 1.82) is 0 Å². The third-order valence-corrected chi connectivity index (χ3v) is 6.37. The molecule has 5 heteroatoms. The van der Waals surface area contributed by atoms with Gasteiger partial charge >= 0.3 is 6.03 Å². The Labute approximate surface area is 155 Å². The SMILES string of the molecule is CC(C)NC(=O)N1C[C@@H]2C[C@H](C1)c1c(C3CCCCC3)ccc(=O)n1C2. The molecule has 1 aromatic rings. The van der Waals surface area contributed by atoms with Gasteiger partial charge in [0.25, 0.3) is 5.56 Å². The zero-order valence-electron chi connectivity index (χ0n) is 16.0. The third-order valence-electron chi connectivity index (χ3n) is 6.37. The predicted molar refractivity (Wildman–Crippen MR) is 103 cm³/mol. The zero-order chi connectivity index (χ0) is 18.3. The Morgan fingerprint density at radius 1 is 1.08 bits per heavy atom. The fraction of sp³-hybridized carbons (Fsp3) is 0.714. The van der Waals surface area contributed by atoms with Gasteiger partial charge in [-0.15, -0.1) is 0 Å². The summed E-state index contributed by atoms with van der Waals surface area (Å²) in [6, 6.07) is 4.06. The van der Waals surface area contributed by atoms with Gasteiger partial charge in [0.15, 0.2) is 0 Å². The summed E-state index contributed by atoms with van der Waals surface area (Å²) in [5, 5.41) is 3.03. The zero-order valence-corrected chi connectivity index (χ0v) is 16.0. The molecule has 1 aromatic heterocycles. The summed E-state index contributed by atoms with van der Waals surface area (Å²) in [5.74, 6) is 1.27. The van der Waals surface area contributed by atoms with Crippen LogP contribution in [0.2, 0.25) is 0 Å². The van der Waals surface area contributed by atoms with Crippen molar-refractivity contribution in [2.24, 2.45) is 5.92 Å². The van der Waals surface area contributed by atoms with Gasteiger partial charge in [-0.3, -0.25) is 4.79 Å². The van der Waals surface area contributed by atoms with Crippen molar-refractivity contribution in [3.63, 3.8) is 0 Å². The minimum absolute atomic E-state index is 0.0423. The van der Waals surface area contributed by atoms with Crippen molar-refractivity contribution in [1.82, 2.24) is 14.8 Å². The van der Waals surface area contributed by atoms with E-state index in [9.17, 15) is 9.59 Å². The van der Waals surface area contributed by atoms with Gasteiger partial charge in [-0.1, -0.05) is 25.3 Å². The maximum atomic E-state index is 12.6.